The Bertz CT molecular complexity index is 474. The molecule has 1 aliphatic heterocycles. The number of carbonyl (C=O) groups excluding carboxylic acids is 1. The molecule has 2 unspecified atom stereocenters. The summed E-state index contributed by atoms with van der Waals surface area (Å²) in [5.74, 6) is -0.142. The number of hydrogen-bond donors (Lipinski definition) is 1. The maximum Gasteiger partial charge on any atom is 0.236 e. The zero-order chi connectivity index (χ0) is 9.76. The molecule has 2 atom stereocenters. The van der Waals surface area contributed by atoms with E-state index in [0.29, 0.717) is 6.42 Å². The largest absolute Gasteiger partial charge is 0.325 e. The van der Waals surface area contributed by atoms with Crippen LogP contribution in [0, 0.1) is 17.2 Å². The number of nitriles is 1. The molecule has 1 amide bonds. The van der Waals surface area contributed by atoms with Gasteiger partial charge in [-0.15, -0.1) is 0 Å². The van der Waals surface area contributed by atoms with E-state index in [-0.39, 0.29) is 11.8 Å². The third-order valence-corrected chi connectivity index (χ3v) is 3.18. The van der Waals surface area contributed by atoms with Gasteiger partial charge in [-0.25, -0.2) is 0 Å². The minimum Gasteiger partial charge on any atom is -0.325 e. The molecule has 1 aliphatic carbocycles. The first kappa shape index (κ1) is 7.57. The van der Waals surface area contributed by atoms with Gasteiger partial charge in [0.25, 0.3) is 0 Å². The van der Waals surface area contributed by atoms with Crippen LogP contribution in [0.25, 0.3) is 0 Å². The highest BCUT2D eigenvalue weighted by atomic mass is 16.2. The van der Waals surface area contributed by atoms with Crippen molar-refractivity contribution in [3.63, 3.8) is 0 Å². The maximum absolute atomic E-state index is 11.7. The normalized spacial score (nSPS) is 32.2. The second-order valence-electron chi connectivity index (χ2n) is 3.86. The first-order valence-corrected chi connectivity index (χ1v) is 4.59. The first-order valence-electron chi connectivity index (χ1n) is 4.59. The van der Waals surface area contributed by atoms with E-state index in [9.17, 15) is 4.79 Å². The number of anilines is 1. The Kier molecular flexibility index (Phi) is 1.17. The number of nitrogens with one attached hydrogen (secondary N) is 1. The summed E-state index contributed by atoms with van der Waals surface area (Å²) in [6.07, 6.45) is 0.673. The van der Waals surface area contributed by atoms with Gasteiger partial charge in [-0.3, -0.25) is 4.79 Å². The molecule has 1 saturated carbocycles. The van der Waals surface area contributed by atoms with Crippen LogP contribution in [-0.2, 0) is 10.2 Å². The minimum atomic E-state index is -0.509. The molecule has 1 aromatic rings. The molecule has 1 fully saturated rings. The molecular formula is C11H8N2O. The van der Waals surface area contributed by atoms with Gasteiger partial charge in [0, 0.05) is 5.69 Å². The standard InChI is InChI=1S/C11H8N2O/c12-6-7-5-11(7)8-3-1-2-4-9(8)13-10(11)14/h1-4,7H,5H2,(H,13,14). The second-order valence-corrected chi connectivity index (χ2v) is 3.86. The van der Waals surface area contributed by atoms with Crippen molar-refractivity contribution >= 4 is 11.6 Å². The highest BCUT2D eigenvalue weighted by Gasteiger charge is 2.65. The van der Waals surface area contributed by atoms with Gasteiger partial charge in [-0.1, -0.05) is 18.2 Å². The number of amides is 1. The van der Waals surface area contributed by atoms with Gasteiger partial charge in [0.1, 0.15) is 0 Å². The molecule has 14 heavy (non-hydrogen) atoms. The third-order valence-electron chi connectivity index (χ3n) is 3.18. The fraction of sp³-hybridized carbons (Fsp3) is 0.273. The van der Waals surface area contributed by atoms with Gasteiger partial charge in [-0.2, -0.15) is 5.26 Å². The van der Waals surface area contributed by atoms with Crippen molar-refractivity contribution in [2.75, 3.05) is 5.32 Å². The van der Waals surface area contributed by atoms with Crippen LogP contribution in [0.15, 0.2) is 24.3 Å². The number of benzene rings is 1. The van der Waals surface area contributed by atoms with Crippen LogP contribution in [-0.4, -0.2) is 5.91 Å². The minimum absolute atomic E-state index is 0.00903. The average Bonchev–Trinajstić information content (AvgIpc) is 2.87. The Morgan fingerprint density at radius 3 is 3.00 bits per heavy atom. The Labute approximate surface area is 81.3 Å². The van der Waals surface area contributed by atoms with Crippen LogP contribution in [0.1, 0.15) is 12.0 Å². The summed E-state index contributed by atoms with van der Waals surface area (Å²) in [5.41, 5.74) is 1.36. The molecule has 0 bridgehead atoms. The number of rotatable bonds is 0. The van der Waals surface area contributed by atoms with Crippen molar-refractivity contribution in [1.82, 2.24) is 0 Å². The van der Waals surface area contributed by atoms with Crippen molar-refractivity contribution in [3.05, 3.63) is 29.8 Å². The highest BCUT2D eigenvalue weighted by Crippen LogP contribution is 2.59. The van der Waals surface area contributed by atoms with E-state index in [1.807, 2.05) is 24.3 Å². The summed E-state index contributed by atoms with van der Waals surface area (Å²) in [6.45, 7) is 0. The molecule has 3 nitrogen and oxygen atoms in total. The lowest BCUT2D eigenvalue weighted by Crippen LogP contribution is -2.20. The van der Waals surface area contributed by atoms with E-state index in [1.165, 1.54) is 0 Å². The number of fused-ring (bicyclic) bond motifs is 2. The topological polar surface area (TPSA) is 52.9 Å². The van der Waals surface area contributed by atoms with Crippen molar-refractivity contribution in [2.45, 2.75) is 11.8 Å². The fourth-order valence-corrected chi connectivity index (χ4v) is 2.30. The predicted molar refractivity (Wildman–Crippen MR) is 50.5 cm³/mol. The summed E-state index contributed by atoms with van der Waals surface area (Å²) >= 11 is 0. The zero-order valence-corrected chi connectivity index (χ0v) is 7.45. The van der Waals surface area contributed by atoms with Gasteiger partial charge in [0.2, 0.25) is 5.91 Å². The van der Waals surface area contributed by atoms with Gasteiger partial charge in [0.05, 0.1) is 17.4 Å². The monoisotopic (exact) mass is 184 g/mol. The van der Waals surface area contributed by atoms with Crippen LogP contribution < -0.4 is 5.32 Å². The van der Waals surface area contributed by atoms with Crippen LogP contribution in [0.4, 0.5) is 5.69 Å². The summed E-state index contributed by atoms with van der Waals surface area (Å²) in [7, 11) is 0. The van der Waals surface area contributed by atoms with E-state index in [2.05, 4.69) is 11.4 Å². The van der Waals surface area contributed by atoms with Crippen molar-refractivity contribution in [3.8, 4) is 6.07 Å². The summed E-state index contributed by atoms with van der Waals surface area (Å²) < 4.78 is 0. The second kappa shape index (κ2) is 2.16. The van der Waals surface area contributed by atoms with E-state index >= 15 is 0 Å². The van der Waals surface area contributed by atoms with E-state index < -0.39 is 5.41 Å². The molecule has 0 saturated heterocycles. The van der Waals surface area contributed by atoms with Crippen molar-refractivity contribution < 1.29 is 4.79 Å². The van der Waals surface area contributed by atoms with Gasteiger partial charge >= 0.3 is 0 Å². The van der Waals surface area contributed by atoms with Gasteiger partial charge in [0.15, 0.2) is 0 Å². The van der Waals surface area contributed by atoms with Crippen molar-refractivity contribution in [2.24, 2.45) is 5.92 Å². The highest BCUT2D eigenvalue weighted by molar-refractivity contribution is 6.09. The Hall–Kier alpha value is -1.82. The van der Waals surface area contributed by atoms with Crippen LogP contribution in [0.2, 0.25) is 0 Å². The molecule has 0 radical (unpaired) electrons. The number of para-hydroxylation sites is 1. The number of hydrogen-bond acceptors (Lipinski definition) is 2. The zero-order valence-electron chi connectivity index (χ0n) is 7.45. The lowest BCUT2D eigenvalue weighted by atomic mass is 9.95. The smallest absolute Gasteiger partial charge is 0.236 e. The molecule has 0 aromatic heterocycles. The molecule has 1 aromatic carbocycles. The van der Waals surface area contributed by atoms with E-state index in [0.717, 1.165) is 11.3 Å². The third kappa shape index (κ3) is 0.655. The van der Waals surface area contributed by atoms with Crippen LogP contribution in [0.5, 0.6) is 0 Å². The molecule has 3 heteroatoms. The van der Waals surface area contributed by atoms with Crippen LogP contribution in [0.3, 0.4) is 0 Å². The lowest BCUT2D eigenvalue weighted by Gasteiger charge is -2.03. The quantitative estimate of drug-likeness (QED) is 0.663. The molecular weight excluding hydrogens is 176 g/mol. The molecule has 1 N–H and O–H groups in total. The van der Waals surface area contributed by atoms with Crippen molar-refractivity contribution in [1.29, 1.82) is 5.26 Å². The Morgan fingerprint density at radius 1 is 1.50 bits per heavy atom. The summed E-state index contributed by atoms with van der Waals surface area (Å²) in [4.78, 5) is 11.7. The predicted octanol–water partition coefficient (Wildman–Crippen LogP) is 1.42. The van der Waals surface area contributed by atoms with Gasteiger partial charge in [-0.05, 0) is 18.1 Å². The van der Waals surface area contributed by atoms with Gasteiger partial charge < -0.3 is 5.32 Å². The fourth-order valence-electron chi connectivity index (χ4n) is 2.30. The average molecular weight is 184 g/mol. The first-order chi connectivity index (χ1) is 6.79. The van der Waals surface area contributed by atoms with E-state index in [1.54, 1.807) is 0 Å². The SMILES string of the molecule is N#CC1CC12C(=O)Nc1ccccc12. The Balaban J connectivity index is 2.18. The lowest BCUT2D eigenvalue weighted by molar-refractivity contribution is -0.118. The molecule has 1 heterocycles. The molecule has 3 rings (SSSR count). The molecule has 2 aliphatic rings. The Morgan fingerprint density at radius 2 is 2.29 bits per heavy atom. The molecule has 1 spiro atoms. The van der Waals surface area contributed by atoms with Crippen LogP contribution >= 0.6 is 0 Å². The maximum atomic E-state index is 11.7. The number of carbonyl (C=O) groups is 1. The summed E-state index contributed by atoms with van der Waals surface area (Å²) in [5, 5.41) is 11.7. The summed E-state index contributed by atoms with van der Waals surface area (Å²) in [6, 6.07) is 9.80. The van der Waals surface area contributed by atoms with E-state index in [4.69, 9.17) is 5.26 Å². The number of nitrogens with zero attached hydrogens (tertiary/aromatic N) is 1. The molecule has 68 valence electrons.